The van der Waals surface area contributed by atoms with Crippen molar-refractivity contribution in [2.45, 2.75) is 12.0 Å². The fraction of sp³-hybridized carbons (Fsp3) is 0.174. The monoisotopic (exact) mass is 548 g/mol. The van der Waals surface area contributed by atoms with Crippen LogP contribution in [0.4, 0.5) is 11.4 Å². The largest absolute Gasteiger partial charge is 0.493 e. The Morgan fingerprint density at radius 1 is 1.18 bits per heavy atom. The summed E-state index contributed by atoms with van der Waals surface area (Å²) in [5, 5.41) is 11.2. The quantitative estimate of drug-likeness (QED) is 0.251. The lowest BCUT2D eigenvalue weighted by Crippen LogP contribution is -2.27. The lowest BCUT2D eigenvalue weighted by molar-refractivity contribution is -0.384. The number of hydrogen-bond donors (Lipinski definition) is 0. The summed E-state index contributed by atoms with van der Waals surface area (Å²) < 4.78 is 12.2. The first-order valence-corrected chi connectivity index (χ1v) is 12.0. The normalized spacial score (nSPS) is 15.5. The average molecular weight is 550 g/mol. The Bertz CT molecular complexity index is 1190. The molecule has 1 fully saturated rings. The van der Waals surface area contributed by atoms with Crippen LogP contribution in [-0.4, -0.2) is 23.7 Å². The fourth-order valence-corrected chi connectivity index (χ4v) is 5.30. The summed E-state index contributed by atoms with van der Waals surface area (Å²) in [6, 6.07) is 17.1. The summed E-state index contributed by atoms with van der Waals surface area (Å²) in [7, 11) is 1.55. The van der Waals surface area contributed by atoms with Gasteiger partial charge >= 0.3 is 0 Å². The second-order valence-electron chi connectivity index (χ2n) is 7.15. The zero-order valence-electron chi connectivity index (χ0n) is 17.4. The number of methoxy groups -OCH3 is 1. The van der Waals surface area contributed by atoms with E-state index in [9.17, 15) is 14.9 Å². The Morgan fingerprint density at radius 3 is 2.52 bits per heavy atom. The van der Waals surface area contributed by atoms with E-state index in [0.717, 1.165) is 16.8 Å². The number of ether oxygens (including phenoxy) is 2. The Morgan fingerprint density at radius 2 is 1.88 bits per heavy atom. The minimum absolute atomic E-state index is 0.0147. The fourth-order valence-electron chi connectivity index (χ4n) is 3.44. The summed E-state index contributed by atoms with van der Waals surface area (Å²) in [6.07, 6.45) is 0. The van der Waals surface area contributed by atoms with E-state index in [0.29, 0.717) is 26.7 Å². The number of halogens is 2. The van der Waals surface area contributed by atoms with E-state index in [1.54, 1.807) is 36.3 Å². The molecular formula is C23H18BrClN2O5S. The standard InChI is InChI=1S/C23H18BrClN2O5S/c1-31-20-11-15(23-26(21(28)13-33-23)17-8-4-16(25)5-9-17)10-19(24)22(20)32-12-14-2-6-18(7-3-14)27(29)30/h2-11,23H,12-13H2,1H3/t23-/m0/s1. The number of thioether (sulfide) groups is 1. The van der Waals surface area contributed by atoms with Crippen LogP contribution in [0.15, 0.2) is 65.1 Å². The second kappa shape index (κ2) is 10.0. The van der Waals surface area contributed by atoms with E-state index in [1.165, 1.54) is 23.9 Å². The minimum Gasteiger partial charge on any atom is -0.493 e. The highest BCUT2D eigenvalue weighted by molar-refractivity contribution is 9.10. The molecule has 1 amide bonds. The zero-order valence-corrected chi connectivity index (χ0v) is 20.5. The summed E-state index contributed by atoms with van der Waals surface area (Å²) in [5.41, 5.74) is 2.46. The van der Waals surface area contributed by atoms with Crippen molar-refractivity contribution in [2.24, 2.45) is 0 Å². The molecular weight excluding hydrogens is 532 g/mol. The predicted octanol–water partition coefficient (Wildman–Crippen LogP) is 6.38. The first-order valence-electron chi connectivity index (χ1n) is 9.80. The van der Waals surface area contributed by atoms with Gasteiger partial charge in [0.2, 0.25) is 5.91 Å². The van der Waals surface area contributed by atoms with Gasteiger partial charge in [-0.3, -0.25) is 19.8 Å². The average Bonchev–Trinajstić information content (AvgIpc) is 3.20. The molecule has 33 heavy (non-hydrogen) atoms. The first kappa shape index (κ1) is 23.4. The van der Waals surface area contributed by atoms with Crippen molar-refractivity contribution in [3.63, 3.8) is 0 Å². The molecule has 3 aromatic rings. The summed E-state index contributed by atoms with van der Waals surface area (Å²) >= 11 is 11.1. The van der Waals surface area contributed by atoms with Crippen LogP contribution < -0.4 is 14.4 Å². The minimum atomic E-state index is -0.442. The number of carbonyl (C=O) groups is 1. The lowest BCUT2D eigenvalue weighted by atomic mass is 10.1. The number of nitro benzene ring substituents is 1. The van der Waals surface area contributed by atoms with Crippen LogP contribution in [0, 0.1) is 10.1 Å². The van der Waals surface area contributed by atoms with Gasteiger partial charge < -0.3 is 9.47 Å². The maximum atomic E-state index is 12.6. The van der Waals surface area contributed by atoms with Crippen LogP contribution in [0.5, 0.6) is 11.5 Å². The maximum absolute atomic E-state index is 12.6. The molecule has 7 nitrogen and oxygen atoms in total. The molecule has 0 bridgehead atoms. The highest BCUT2D eigenvalue weighted by atomic mass is 79.9. The molecule has 0 N–H and O–H groups in total. The van der Waals surface area contributed by atoms with Crippen molar-refractivity contribution < 1.29 is 19.2 Å². The number of nitrogens with zero attached hydrogens (tertiary/aromatic N) is 2. The van der Waals surface area contributed by atoms with Gasteiger partial charge in [-0.2, -0.15) is 0 Å². The van der Waals surface area contributed by atoms with Gasteiger partial charge in [-0.25, -0.2) is 0 Å². The Hall–Kier alpha value is -2.75. The van der Waals surface area contributed by atoms with Crippen LogP contribution >= 0.6 is 39.3 Å². The predicted molar refractivity (Wildman–Crippen MR) is 132 cm³/mol. The molecule has 1 heterocycles. The number of amides is 1. The van der Waals surface area contributed by atoms with Crippen molar-refractivity contribution in [1.29, 1.82) is 0 Å². The molecule has 10 heteroatoms. The molecule has 3 aromatic carbocycles. The number of rotatable bonds is 7. The van der Waals surface area contributed by atoms with Crippen molar-refractivity contribution in [3.05, 3.63) is 91.4 Å². The third-order valence-corrected chi connectivity index (χ3v) is 7.09. The molecule has 1 aliphatic rings. The number of non-ortho nitro benzene ring substituents is 1. The molecule has 1 aliphatic heterocycles. The van der Waals surface area contributed by atoms with E-state index in [4.69, 9.17) is 21.1 Å². The maximum Gasteiger partial charge on any atom is 0.269 e. The van der Waals surface area contributed by atoms with E-state index < -0.39 is 4.92 Å². The zero-order chi connectivity index (χ0) is 23.5. The highest BCUT2D eigenvalue weighted by Crippen LogP contribution is 2.46. The van der Waals surface area contributed by atoms with E-state index >= 15 is 0 Å². The van der Waals surface area contributed by atoms with Crippen molar-refractivity contribution in [1.82, 2.24) is 0 Å². The lowest BCUT2D eigenvalue weighted by Gasteiger charge is -2.25. The van der Waals surface area contributed by atoms with Crippen LogP contribution in [0.25, 0.3) is 0 Å². The molecule has 1 saturated heterocycles. The van der Waals surface area contributed by atoms with Gasteiger partial charge in [0, 0.05) is 22.8 Å². The highest BCUT2D eigenvalue weighted by Gasteiger charge is 2.35. The SMILES string of the molecule is COc1cc([C@@H]2SCC(=O)N2c2ccc(Cl)cc2)cc(Br)c1OCc1ccc([N+](=O)[O-])cc1. The first-order chi connectivity index (χ1) is 15.9. The van der Waals surface area contributed by atoms with Crippen LogP contribution in [-0.2, 0) is 11.4 Å². The van der Waals surface area contributed by atoms with Gasteiger partial charge in [-0.15, -0.1) is 11.8 Å². The van der Waals surface area contributed by atoms with Gasteiger partial charge in [-0.1, -0.05) is 11.6 Å². The van der Waals surface area contributed by atoms with E-state index in [-0.39, 0.29) is 23.6 Å². The smallest absolute Gasteiger partial charge is 0.269 e. The molecule has 0 aromatic heterocycles. The van der Waals surface area contributed by atoms with Crippen molar-refractivity contribution in [2.75, 3.05) is 17.8 Å². The summed E-state index contributed by atoms with van der Waals surface area (Å²) in [4.78, 5) is 24.8. The molecule has 0 aliphatic carbocycles. The van der Waals surface area contributed by atoms with Crippen molar-refractivity contribution in [3.8, 4) is 11.5 Å². The van der Waals surface area contributed by atoms with E-state index in [2.05, 4.69) is 15.9 Å². The number of carbonyl (C=O) groups excluding carboxylic acids is 1. The Kier molecular flexibility index (Phi) is 7.11. The van der Waals surface area contributed by atoms with Gasteiger partial charge in [-0.05, 0) is 75.6 Å². The molecule has 0 unspecified atom stereocenters. The third-order valence-electron chi connectivity index (χ3n) is 5.04. The Labute approximate surface area is 207 Å². The van der Waals surface area contributed by atoms with Gasteiger partial charge in [0.05, 0.1) is 22.3 Å². The summed E-state index contributed by atoms with van der Waals surface area (Å²) in [5.74, 6) is 1.40. The molecule has 0 saturated carbocycles. The number of benzene rings is 3. The Balaban J connectivity index is 1.58. The van der Waals surface area contributed by atoms with Crippen molar-refractivity contribution >= 4 is 56.6 Å². The number of anilines is 1. The van der Waals surface area contributed by atoms with Crippen LogP contribution in [0.2, 0.25) is 5.02 Å². The topological polar surface area (TPSA) is 81.9 Å². The summed E-state index contributed by atoms with van der Waals surface area (Å²) in [6.45, 7) is 0.208. The van der Waals surface area contributed by atoms with Crippen LogP contribution in [0.3, 0.4) is 0 Å². The van der Waals surface area contributed by atoms with Gasteiger partial charge in [0.25, 0.3) is 5.69 Å². The molecule has 170 valence electrons. The van der Waals surface area contributed by atoms with Gasteiger partial charge in [0.1, 0.15) is 12.0 Å². The molecule has 1 atom stereocenters. The molecule has 0 radical (unpaired) electrons. The van der Waals surface area contributed by atoms with Gasteiger partial charge in [0.15, 0.2) is 11.5 Å². The number of hydrogen-bond acceptors (Lipinski definition) is 6. The second-order valence-corrected chi connectivity index (χ2v) is 9.51. The third kappa shape index (κ3) is 5.10. The number of nitro groups is 1. The van der Waals surface area contributed by atoms with Crippen LogP contribution in [0.1, 0.15) is 16.5 Å². The molecule has 4 rings (SSSR count). The van der Waals surface area contributed by atoms with E-state index in [1.807, 2.05) is 24.3 Å². The molecule has 0 spiro atoms.